The van der Waals surface area contributed by atoms with Gasteiger partial charge in [0, 0.05) is 48.5 Å². The zero-order valence-corrected chi connectivity index (χ0v) is 18.6. The van der Waals surface area contributed by atoms with Gasteiger partial charge in [-0.25, -0.2) is 4.98 Å². The van der Waals surface area contributed by atoms with Crippen molar-refractivity contribution in [2.45, 2.75) is 39.8 Å². The van der Waals surface area contributed by atoms with Gasteiger partial charge >= 0.3 is 0 Å². The fourth-order valence-electron chi connectivity index (χ4n) is 3.72. The van der Waals surface area contributed by atoms with Crippen molar-refractivity contribution in [2.75, 3.05) is 5.32 Å². The van der Waals surface area contributed by atoms with Crippen LogP contribution in [0.3, 0.4) is 0 Å². The number of aryl methyl sites for hydroxylation is 1. The van der Waals surface area contributed by atoms with Crippen LogP contribution in [0.4, 0.5) is 5.82 Å². The van der Waals surface area contributed by atoms with Gasteiger partial charge in [0.05, 0.1) is 11.8 Å². The molecule has 7 nitrogen and oxygen atoms in total. The average Bonchev–Trinajstić information content (AvgIpc) is 3.33. The van der Waals surface area contributed by atoms with E-state index in [-0.39, 0.29) is 13.0 Å². The summed E-state index contributed by atoms with van der Waals surface area (Å²) in [5.74, 6) is 3.77. The van der Waals surface area contributed by atoms with E-state index in [9.17, 15) is 9.59 Å². The highest BCUT2D eigenvalue weighted by molar-refractivity contribution is 5.74. The summed E-state index contributed by atoms with van der Waals surface area (Å²) < 4.78 is 3.51. The normalized spacial score (nSPS) is 10.2. The summed E-state index contributed by atoms with van der Waals surface area (Å²) in [6.07, 6.45) is 9.99. The van der Waals surface area contributed by atoms with Crippen LogP contribution >= 0.6 is 0 Å². The van der Waals surface area contributed by atoms with Gasteiger partial charge in [-0.1, -0.05) is 49.7 Å². The van der Waals surface area contributed by atoms with Crippen LogP contribution in [0.2, 0.25) is 0 Å². The van der Waals surface area contributed by atoms with Crippen molar-refractivity contribution >= 4 is 17.9 Å². The molecule has 0 spiro atoms. The predicted molar refractivity (Wildman–Crippen MR) is 138 cm³/mol. The molecule has 0 saturated carbocycles. The highest BCUT2D eigenvalue weighted by atomic mass is 16.1. The van der Waals surface area contributed by atoms with Crippen LogP contribution in [0.25, 0.3) is 17.0 Å². The molecule has 0 unspecified atom stereocenters. The number of hydrogen-bond acceptors (Lipinski definition) is 5. The van der Waals surface area contributed by atoms with E-state index in [2.05, 4.69) is 17.3 Å². The molecule has 2 heterocycles. The lowest BCUT2D eigenvalue weighted by molar-refractivity contribution is 0.112. The van der Waals surface area contributed by atoms with E-state index in [1.54, 1.807) is 28.8 Å². The van der Waals surface area contributed by atoms with Crippen molar-refractivity contribution in [3.8, 4) is 29.7 Å². The zero-order valence-electron chi connectivity index (χ0n) is 18.6. The molecular weight excluding hydrogens is 438 g/mol. The van der Waals surface area contributed by atoms with Crippen molar-refractivity contribution in [1.29, 1.82) is 5.26 Å². The number of anilines is 1. The number of carbonyl (C=O) groups excluding carboxylic acids is 1. The van der Waals surface area contributed by atoms with E-state index in [1.807, 2.05) is 41.0 Å². The molecule has 0 saturated heterocycles. The topological polar surface area (TPSA) is 92.2 Å². The van der Waals surface area contributed by atoms with Crippen LogP contribution in [-0.2, 0) is 13.1 Å². The first kappa shape index (κ1) is 25.0. The van der Waals surface area contributed by atoms with Crippen LogP contribution in [0.1, 0.15) is 48.2 Å². The van der Waals surface area contributed by atoms with Crippen molar-refractivity contribution in [1.82, 2.24) is 14.0 Å². The molecule has 0 radical (unpaired) electrons. The minimum atomic E-state index is -0.193. The first-order valence-corrected chi connectivity index (χ1v) is 11.0. The number of benzene rings is 2. The Hall–Kier alpha value is -4.62. The minimum absolute atomic E-state index is 0. The summed E-state index contributed by atoms with van der Waals surface area (Å²) >= 11 is 0. The first-order valence-electron chi connectivity index (χ1n) is 11.0. The number of terminal acetylenes is 1. The van der Waals surface area contributed by atoms with E-state index in [1.165, 1.54) is 0 Å². The second-order valence-electron chi connectivity index (χ2n) is 7.87. The van der Waals surface area contributed by atoms with Gasteiger partial charge in [0.1, 0.15) is 12.1 Å². The Labute approximate surface area is 204 Å². The molecule has 7 heteroatoms. The maximum absolute atomic E-state index is 12.9. The molecule has 0 fully saturated rings. The highest BCUT2D eigenvalue weighted by Gasteiger charge is 2.14. The van der Waals surface area contributed by atoms with Gasteiger partial charge in [0.25, 0.3) is 5.56 Å². The van der Waals surface area contributed by atoms with E-state index < -0.39 is 0 Å². The lowest BCUT2D eigenvalue weighted by Gasteiger charge is -2.16. The summed E-state index contributed by atoms with van der Waals surface area (Å²) in [6, 6.07) is 18.5. The lowest BCUT2D eigenvalue weighted by Crippen LogP contribution is -2.20. The molecule has 1 N–H and O–H groups in total. The Kier molecular flexibility index (Phi) is 8.21. The number of imidazole rings is 1. The van der Waals surface area contributed by atoms with E-state index >= 15 is 0 Å². The molecule has 0 bridgehead atoms. The monoisotopic (exact) mass is 465 g/mol. The summed E-state index contributed by atoms with van der Waals surface area (Å²) in [5.41, 5.74) is 3.71. The minimum Gasteiger partial charge on any atom is -0.367 e. The van der Waals surface area contributed by atoms with Gasteiger partial charge in [0.15, 0.2) is 0 Å². The SMILES string of the molecule is C.C#Cc1ccc(-c2cn3c(=O)cc(NCc4ccc(C=O)cc4)n(CCCCC#N)c3n2)cc1. The lowest BCUT2D eigenvalue weighted by atomic mass is 10.1. The fraction of sp³-hybridized carbons (Fsp3) is 0.214. The average molecular weight is 466 g/mol. The number of aldehydes is 1. The molecule has 2 aromatic heterocycles. The Bertz CT molecular complexity index is 1450. The van der Waals surface area contributed by atoms with Gasteiger partial charge in [-0.3, -0.25) is 18.6 Å². The third kappa shape index (κ3) is 5.66. The zero-order chi connectivity index (χ0) is 23.9. The molecule has 4 rings (SSSR count). The van der Waals surface area contributed by atoms with Gasteiger partial charge in [-0.15, -0.1) is 6.42 Å². The van der Waals surface area contributed by atoms with Crippen molar-refractivity contribution in [2.24, 2.45) is 0 Å². The third-order valence-electron chi connectivity index (χ3n) is 5.57. The second kappa shape index (κ2) is 11.5. The Morgan fingerprint density at radius 2 is 1.83 bits per heavy atom. The van der Waals surface area contributed by atoms with Gasteiger partial charge in [-0.05, 0) is 30.5 Å². The molecule has 0 aliphatic heterocycles. The van der Waals surface area contributed by atoms with Crippen LogP contribution in [0.5, 0.6) is 0 Å². The summed E-state index contributed by atoms with van der Waals surface area (Å²) in [5, 5.41) is 12.2. The molecule has 2 aromatic carbocycles. The van der Waals surface area contributed by atoms with Crippen LogP contribution < -0.4 is 10.9 Å². The fourth-order valence-corrected chi connectivity index (χ4v) is 3.72. The van der Waals surface area contributed by atoms with E-state index in [0.717, 1.165) is 35.8 Å². The molecule has 176 valence electrons. The van der Waals surface area contributed by atoms with Crippen molar-refractivity contribution < 1.29 is 4.79 Å². The van der Waals surface area contributed by atoms with Gasteiger partial charge < -0.3 is 5.32 Å². The number of unbranched alkanes of at least 4 members (excludes halogenated alkanes) is 2. The number of nitrogens with zero attached hydrogens (tertiary/aromatic N) is 4. The Balaban J connectivity index is 0.00000342. The molecule has 4 aromatic rings. The molecule has 0 atom stereocenters. The second-order valence-corrected chi connectivity index (χ2v) is 7.87. The Morgan fingerprint density at radius 1 is 1.09 bits per heavy atom. The summed E-state index contributed by atoms with van der Waals surface area (Å²) in [4.78, 5) is 28.6. The number of carbonyl (C=O) groups is 1. The molecule has 0 aliphatic carbocycles. The quantitative estimate of drug-likeness (QED) is 0.216. The number of nitrogens with one attached hydrogen (secondary N) is 1. The summed E-state index contributed by atoms with van der Waals surface area (Å²) in [7, 11) is 0. The van der Waals surface area contributed by atoms with Gasteiger partial charge in [-0.2, -0.15) is 5.26 Å². The summed E-state index contributed by atoms with van der Waals surface area (Å²) in [6.45, 7) is 1.08. The van der Waals surface area contributed by atoms with Crippen molar-refractivity contribution in [3.63, 3.8) is 0 Å². The van der Waals surface area contributed by atoms with Crippen molar-refractivity contribution in [3.05, 3.63) is 87.8 Å². The first-order chi connectivity index (χ1) is 16.6. The Morgan fingerprint density at radius 3 is 2.49 bits per heavy atom. The largest absolute Gasteiger partial charge is 0.367 e. The molecule has 0 aliphatic rings. The standard InChI is InChI=1S/C27H23N5O2.CH4/c1-2-20-10-12-23(13-11-20)24-18-32-26(34)16-25(29-17-21-6-8-22(19-33)9-7-21)31(27(32)30-24)15-5-3-4-14-28;/h1,6-13,16,18-19,29H,3-5,15,17H2;1H4. The maximum Gasteiger partial charge on any atom is 0.261 e. The van der Waals surface area contributed by atoms with Crippen LogP contribution in [0, 0.1) is 23.7 Å². The van der Waals surface area contributed by atoms with E-state index in [4.69, 9.17) is 16.7 Å². The van der Waals surface area contributed by atoms with E-state index in [0.29, 0.717) is 42.4 Å². The van der Waals surface area contributed by atoms with Crippen LogP contribution in [0.15, 0.2) is 65.6 Å². The number of aromatic nitrogens is 3. The predicted octanol–water partition coefficient (Wildman–Crippen LogP) is 4.90. The molecule has 0 amide bonds. The smallest absolute Gasteiger partial charge is 0.261 e. The van der Waals surface area contributed by atoms with Gasteiger partial charge in [0.2, 0.25) is 5.78 Å². The highest BCUT2D eigenvalue weighted by Crippen LogP contribution is 2.21. The number of fused-ring (bicyclic) bond motifs is 1. The third-order valence-corrected chi connectivity index (χ3v) is 5.57. The number of hydrogen-bond donors (Lipinski definition) is 1. The maximum atomic E-state index is 12.9. The van der Waals surface area contributed by atoms with Crippen LogP contribution in [-0.4, -0.2) is 20.2 Å². The molecule has 35 heavy (non-hydrogen) atoms. The number of rotatable bonds is 9. The molecular formula is C28H27N5O2. The number of nitriles is 1.